The van der Waals surface area contributed by atoms with Crippen LogP contribution in [0.2, 0.25) is 8.67 Å². The summed E-state index contributed by atoms with van der Waals surface area (Å²) in [5, 5.41) is 0. The summed E-state index contributed by atoms with van der Waals surface area (Å²) in [6.07, 6.45) is 0. The van der Waals surface area contributed by atoms with E-state index in [-0.39, 0.29) is 29.0 Å². The first-order valence-corrected chi connectivity index (χ1v) is 10.1. The lowest BCUT2D eigenvalue weighted by atomic mass is 10.2. The second-order valence-corrected chi connectivity index (χ2v) is 8.65. The number of rotatable bonds is 4. The minimum atomic E-state index is -0.500. The number of carbonyl (C=O) groups is 2. The molecule has 26 heavy (non-hydrogen) atoms. The van der Waals surface area contributed by atoms with Gasteiger partial charge in [0.15, 0.2) is 4.80 Å². The Labute approximate surface area is 167 Å². The van der Waals surface area contributed by atoms with E-state index in [1.54, 1.807) is 11.5 Å². The number of hydrogen-bond acceptors (Lipinski definition) is 5. The maximum absolute atomic E-state index is 12.5. The van der Waals surface area contributed by atoms with E-state index in [1.165, 1.54) is 17.4 Å². The second-order valence-electron chi connectivity index (χ2n) is 5.35. The van der Waals surface area contributed by atoms with Gasteiger partial charge in [0.2, 0.25) is 0 Å². The highest BCUT2D eigenvalue weighted by Crippen LogP contribution is 2.31. The normalized spacial score (nSPS) is 11.9. The van der Waals surface area contributed by atoms with Crippen LogP contribution in [0.1, 0.15) is 22.8 Å². The number of benzene rings is 1. The number of fused-ring (bicyclic) bond motifs is 1. The highest BCUT2D eigenvalue weighted by atomic mass is 35.5. The molecule has 0 spiro atoms. The average molecular weight is 429 g/mol. The minimum absolute atomic E-state index is 0.0249. The topological polar surface area (TPSA) is 60.7 Å². The molecular weight excluding hydrogens is 415 g/mol. The molecule has 2 heterocycles. The third-order valence-electron chi connectivity index (χ3n) is 3.58. The fraction of sp³-hybridized carbons (Fsp3) is 0.235. The lowest BCUT2D eigenvalue weighted by Crippen LogP contribution is -2.23. The van der Waals surface area contributed by atoms with Gasteiger partial charge >= 0.3 is 5.97 Å². The molecular formula is C17H14Cl2N2O3S2. The summed E-state index contributed by atoms with van der Waals surface area (Å²) in [5.74, 6) is -0.888. The number of thiophene rings is 1. The Morgan fingerprint density at radius 3 is 2.69 bits per heavy atom. The molecule has 0 saturated carbocycles. The number of carbonyl (C=O) groups excluding carboxylic acids is 2. The fourth-order valence-corrected chi connectivity index (χ4v) is 5.06. The van der Waals surface area contributed by atoms with Gasteiger partial charge in [-0.3, -0.25) is 9.59 Å². The van der Waals surface area contributed by atoms with E-state index < -0.39 is 5.91 Å². The van der Waals surface area contributed by atoms with Crippen LogP contribution in [-0.2, 0) is 16.1 Å². The first kappa shape index (κ1) is 19.1. The van der Waals surface area contributed by atoms with Crippen molar-refractivity contribution in [1.82, 2.24) is 4.57 Å². The number of amides is 1. The van der Waals surface area contributed by atoms with Gasteiger partial charge in [-0.25, -0.2) is 0 Å². The maximum Gasteiger partial charge on any atom is 0.326 e. The van der Waals surface area contributed by atoms with Crippen LogP contribution in [0, 0.1) is 6.92 Å². The van der Waals surface area contributed by atoms with Gasteiger partial charge in [-0.1, -0.05) is 46.7 Å². The van der Waals surface area contributed by atoms with Crippen LogP contribution >= 0.6 is 45.9 Å². The van der Waals surface area contributed by atoms with E-state index in [9.17, 15) is 9.59 Å². The predicted octanol–water partition coefficient (Wildman–Crippen LogP) is 4.68. The van der Waals surface area contributed by atoms with Crippen LogP contribution in [-0.4, -0.2) is 23.1 Å². The Morgan fingerprint density at radius 2 is 2.04 bits per heavy atom. The molecule has 0 bridgehead atoms. The molecule has 1 aromatic carbocycles. The number of hydrogen-bond donors (Lipinski definition) is 0. The summed E-state index contributed by atoms with van der Waals surface area (Å²) in [6.45, 7) is 3.95. The SMILES string of the molecule is CCOC(=O)Cn1c(=NC(=O)c2cc(Cl)sc2Cl)sc2cccc(C)c21. The average Bonchev–Trinajstić information content (AvgIpc) is 3.08. The number of halogens is 2. The van der Waals surface area contributed by atoms with Gasteiger partial charge in [0.25, 0.3) is 5.91 Å². The molecule has 0 radical (unpaired) electrons. The molecule has 0 saturated heterocycles. The number of para-hydroxylation sites is 1. The molecule has 2 aromatic heterocycles. The quantitative estimate of drug-likeness (QED) is 0.566. The Balaban J connectivity index is 2.15. The van der Waals surface area contributed by atoms with Crippen molar-refractivity contribution in [3.63, 3.8) is 0 Å². The van der Waals surface area contributed by atoms with Crippen molar-refractivity contribution in [2.24, 2.45) is 4.99 Å². The number of nitrogens with zero attached hydrogens (tertiary/aromatic N) is 2. The number of esters is 1. The largest absolute Gasteiger partial charge is 0.465 e. The lowest BCUT2D eigenvalue weighted by Gasteiger charge is -2.06. The molecule has 5 nitrogen and oxygen atoms in total. The Hall–Kier alpha value is -1.67. The molecule has 0 aliphatic heterocycles. The third-order valence-corrected chi connectivity index (χ3v) is 6.11. The molecule has 3 aromatic rings. The number of aromatic nitrogens is 1. The van der Waals surface area contributed by atoms with Crippen molar-refractivity contribution in [1.29, 1.82) is 0 Å². The molecule has 0 aliphatic carbocycles. The molecule has 0 N–H and O–H groups in total. The van der Waals surface area contributed by atoms with Crippen molar-refractivity contribution in [2.45, 2.75) is 20.4 Å². The van der Waals surface area contributed by atoms with E-state index >= 15 is 0 Å². The van der Waals surface area contributed by atoms with Crippen molar-refractivity contribution < 1.29 is 14.3 Å². The van der Waals surface area contributed by atoms with E-state index in [0.717, 1.165) is 27.1 Å². The first-order chi connectivity index (χ1) is 12.4. The molecule has 0 aliphatic rings. The zero-order valence-electron chi connectivity index (χ0n) is 13.9. The van der Waals surface area contributed by atoms with Gasteiger partial charge < -0.3 is 9.30 Å². The molecule has 0 atom stereocenters. The molecule has 0 unspecified atom stereocenters. The summed E-state index contributed by atoms with van der Waals surface area (Å²) < 4.78 is 8.39. The van der Waals surface area contributed by atoms with E-state index in [0.29, 0.717) is 9.14 Å². The summed E-state index contributed by atoms with van der Waals surface area (Å²) in [7, 11) is 0. The molecule has 0 fully saturated rings. The zero-order valence-corrected chi connectivity index (χ0v) is 17.1. The van der Waals surface area contributed by atoms with Crippen molar-refractivity contribution in [2.75, 3.05) is 6.61 Å². The van der Waals surface area contributed by atoms with Crippen LogP contribution < -0.4 is 4.80 Å². The van der Waals surface area contributed by atoms with Gasteiger partial charge in [0, 0.05) is 0 Å². The summed E-state index contributed by atoms with van der Waals surface area (Å²) in [6, 6.07) is 7.28. The standard InChI is InChI=1S/C17H14Cl2N2O3S2/c1-3-24-13(22)8-21-14-9(2)5-4-6-11(14)25-17(21)20-16(23)10-7-12(18)26-15(10)19/h4-7H,3,8H2,1-2H3. The van der Waals surface area contributed by atoms with Gasteiger partial charge in [-0.2, -0.15) is 4.99 Å². The van der Waals surface area contributed by atoms with Crippen LogP contribution in [0.5, 0.6) is 0 Å². The lowest BCUT2D eigenvalue weighted by molar-refractivity contribution is -0.143. The molecule has 136 valence electrons. The fourth-order valence-electron chi connectivity index (χ4n) is 2.51. The Kier molecular flexibility index (Phi) is 5.82. The van der Waals surface area contributed by atoms with Crippen molar-refractivity contribution in [3.8, 4) is 0 Å². The van der Waals surface area contributed by atoms with Crippen LogP contribution in [0.3, 0.4) is 0 Å². The van der Waals surface area contributed by atoms with Gasteiger partial charge in [0.1, 0.15) is 10.9 Å². The summed E-state index contributed by atoms with van der Waals surface area (Å²) in [4.78, 5) is 29.2. The van der Waals surface area contributed by atoms with E-state index in [1.807, 2.05) is 25.1 Å². The summed E-state index contributed by atoms with van der Waals surface area (Å²) >= 11 is 14.4. The van der Waals surface area contributed by atoms with Crippen molar-refractivity contribution >= 4 is 68.0 Å². The second kappa shape index (κ2) is 7.92. The first-order valence-electron chi connectivity index (χ1n) is 7.69. The highest BCUT2D eigenvalue weighted by molar-refractivity contribution is 7.20. The highest BCUT2D eigenvalue weighted by Gasteiger charge is 2.17. The van der Waals surface area contributed by atoms with Gasteiger partial charge in [-0.05, 0) is 31.5 Å². The predicted molar refractivity (Wildman–Crippen MR) is 105 cm³/mol. The third kappa shape index (κ3) is 3.86. The van der Waals surface area contributed by atoms with Crippen LogP contribution in [0.15, 0.2) is 29.3 Å². The Morgan fingerprint density at radius 1 is 1.27 bits per heavy atom. The van der Waals surface area contributed by atoms with E-state index in [4.69, 9.17) is 27.9 Å². The summed E-state index contributed by atoms with van der Waals surface area (Å²) in [5.41, 5.74) is 2.08. The van der Waals surface area contributed by atoms with Crippen LogP contribution in [0.25, 0.3) is 10.2 Å². The smallest absolute Gasteiger partial charge is 0.326 e. The van der Waals surface area contributed by atoms with Gasteiger partial charge in [-0.15, -0.1) is 11.3 Å². The zero-order chi connectivity index (χ0) is 18.8. The minimum Gasteiger partial charge on any atom is -0.465 e. The van der Waals surface area contributed by atoms with E-state index in [2.05, 4.69) is 4.99 Å². The number of thiazole rings is 1. The van der Waals surface area contributed by atoms with Crippen LogP contribution in [0.4, 0.5) is 0 Å². The maximum atomic E-state index is 12.5. The molecule has 3 rings (SSSR count). The monoisotopic (exact) mass is 428 g/mol. The molecule has 1 amide bonds. The number of aryl methyl sites for hydroxylation is 1. The van der Waals surface area contributed by atoms with Gasteiger partial charge in [0.05, 0.1) is 26.7 Å². The Bertz CT molecular complexity index is 1070. The van der Waals surface area contributed by atoms with Crippen molar-refractivity contribution in [3.05, 3.63) is 48.9 Å². The molecule has 9 heteroatoms. The number of ether oxygens (including phenoxy) is 1.